The van der Waals surface area contributed by atoms with E-state index in [4.69, 9.17) is 5.26 Å². The van der Waals surface area contributed by atoms with Gasteiger partial charge in [-0.3, -0.25) is 0 Å². The number of rotatable bonds is 1. The Labute approximate surface area is 87.6 Å². The average molecular weight is 205 g/mol. The predicted molar refractivity (Wildman–Crippen MR) is 57.0 cm³/mol. The second kappa shape index (κ2) is 3.64. The molecule has 1 aliphatic rings. The molecule has 0 spiro atoms. The molecule has 1 N–H and O–H groups in total. The van der Waals surface area contributed by atoms with E-state index in [9.17, 15) is 5.11 Å². The van der Waals surface area contributed by atoms with Crippen molar-refractivity contribution in [1.29, 1.82) is 5.26 Å². The number of benzene rings is 1. The Morgan fingerprint density at radius 3 is 3.00 bits per heavy atom. The largest absolute Gasteiger partial charge is 0.384 e. The molecule has 0 aliphatic carbocycles. The highest BCUT2D eigenvalue weighted by atomic mass is 32.2. The molecule has 1 aromatic carbocycles. The first-order valence-electron chi connectivity index (χ1n) is 4.55. The number of nitriles is 1. The van der Waals surface area contributed by atoms with Crippen LogP contribution < -0.4 is 0 Å². The van der Waals surface area contributed by atoms with E-state index in [2.05, 4.69) is 6.07 Å². The van der Waals surface area contributed by atoms with E-state index in [1.807, 2.05) is 12.1 Å². The van der Waals surface area contributed by atoms with Gasteiger partial charge in [-0.25, -0.2) is 0 Å². The number of hydrogen-bond acceptors (Lipinski definition) is 3. The second-order valence-electron chi connectivity index (χ2n) is 3.53. The van der Waals surface area contributed by atoms with Gasteiger partial charge in [-0.05, 0) is 29.9 Å². The second-order valence-corrected chi connectivity index (χ2v) is 4.63. The van der Waals surface area contributed by atoms with Crippen molar-refractivity contribution >= 4 is 11.8 Å². The van der Waals surface area contributed by atoms with Crippen molar-refractivity contribution in [3.05, 3.63) is 35.4 Å². The summed E-state index contributed by atoms with van der Waals surface area (Å²) in [4.78, 5) is 0. The van der Waals surface area contributed by atoms with E-state index in [1.54, 1.807) is 23.9 Å². The molecule has 1 heterocycles. The smallest absolute Gasteiger partial charge is 0.0994 e. The summed E-state index contributed by atoms with van der Waals surface area (Å²) in [6, 6.07) is 9.36. The maximum absolute atomic E-state index is 10.3. The Balaban J connectivity index is 2.36. The molecule has 14 heavy (non-hydrogen) atoms. The van der Waals surface area contributed by atoms with Gasteiger partial charge < -0.3 is 5.11 Å². The molecule has 2 rings (SSSR count). The molecular formula is C11H11NOS. The zero-order valence-electron chi connectivity index (χ0n) is 7.73. The topological polar surface area (TPSA) is 44.0 Å². The third kappa shape index (κ3) is 1.63. The molecule has 0 saturated carbocycles. The minimum absolute atomic E-state index is 0.618. The van der Waals surface area contributed by atoms with Crippen molar-refractivity contribution in [1.82, 2.24) is 0 Å². The third-order valence-electron chi connectivity index (χ3n) is 2.53. The Morgan fingerprint density at radius 2 is 2.36 bits per heavy atom. The van der Waals surface area contributed by atoms with E-state index in [0.717, 1.165) is 23.5 Å². The Kier molecular flexibility index (Phi) is 2.49. The highest BCUT2D eigenvalue weighted by Gasteiger charge is 2.33. The minimum Gasteiger partial charge on any atom is -0.384 e. The maximum atomic E-state index is 10.3. The lowest BCUT2D eigenvalue weighted by Gasteiger charge is -2.21. The Morgan fingerprint density at radius 1 is 1.50 bits per heavy atom. The zero-order valence-corrected chi connectivity index (χ0v) is 8.55. The van der Waals surface area contributed by atoms with Crippen molar-refractivity contribution in [3.8, 4) is 6.07 Å². The summed E-state index contributed by atoms with van der Waals surface area (Å²) in [6.07, 6.45) is 0.784. The monoisotopic (exact) mass is 205 g/mol. The standard InChI is InChI=1S/C11H11NOS/c12-7-9-2-1-3-10(6-9)11(13)4-5-14-8-11/h1-3,6,13H,4-5,8H2/t11-/m0/s1. The van der Waals surface area contributed by atoms with E-state index < -0.39 is 5.60 Å². The van der Waals surface area contributed by atoms with Crippen LogP contribution in [0.1, 0.15) is 17.5 Å². The maximum Gasteiger partial charge on any atom is 0.0994 e. The van der Waals surface area contributed by atoms with Crippen LogP contribution in [0.4, 0.5) is 0 Å². The predicted octanol–water partition coefficient (Wildman–Crippen LogP) is 1.88. The Hall–Kier alpha value is -0.980. The van der Waals surface area contributed by atoms with Gasteiger partial charge in [-0.2, -0.15) is 17.0 Å². The van der Waals surface area contributed by atoms with Crippen LogP contribution in [0, 0.1) is 11.3 Å². The van der Waals surface area contributed by atoms with Gasteiger partial charge >= 0.3 is 0 Å². The lowest BCUT2D eigenvalue weighted by Crippen LogP contribution is -2.24. The molecule has 3 heteroatoms. The van der Waals surface area contributed by atoms with Gasteiger partial charge in [-0.1, -0.05) is 12.1 Å². The van der Waals surface area contributed by atoms with Crippen molar-refractivity contribution in [3.63, 3.8) is 0 Å². The molecule has 2 nitrogen and oxygen atoms in total. The van der Waals surface area contributed by atoms with Gasteiger partial charge in [-0.15, -0.1) is 0 Å². The number of nitrogens with zero attached hydrogens (tertiary/aromatic N) is 1. The number of thioether (sulfide) groups is 1. The van der Waals surface area contributed by atoms with Gasteiger partial charge in [0, 0.05) is 5.75 Å². The first-order chi connectivity index (χ1) is 6.74. The van der Waals surface area contributed by atoms with Gasteiger partial charge in [0.25, 0.3) is 0 Å². The fourth-order valence-corrected chi connectivity index (χ4v) is 2.94. The van der Waals surface area contributed by atoms with Crippen LogP contribution in [0.3, 0.4) is 0 Å². The highest BCUT2D eigenvalue weighted by Crippen LogP contribution is 2.36. The van der Waals surface area contributed by atoms with Crippen LogP contribution in [-0.2, 0) is 5.60 Å². The summed E-state index contributed by atoms with van der Waals surface area (Å²) >= 11 is 1.76. The SMILES string of the molecule is N#Cc1cccc([C@]2(O)CCSC2)c1. The van der Waals surface area contributed by atoms with Crippen molar-refractivity contribution < 1.29 is 5.11 Å². The molecule has 0 radical (unpaired) electrons. The molecule has 0 amide bonds. The molecule has 1 aliphatic heterocycles. The lowest BCUT2D eigenvalue weighted by molar-refractivity contribution is 0.0657. The van der Waals surface area contributed by atoms with Crippen molar-refractivity contribution in [2.24, 2.45) is 0 Å². The minimum atomic E-state index is -0.711. The van der Waals surface area contributed by atoms with Crippen LogP contribution in [0.5, 0.6) is 0 Å². The van der Waals surface area contributed by atoms with E-state index in [1.165, 1.54) is 0 Å². The number of aliphatic hydroxyl groups is 1. The summed E-state index contributed by atoms with van der Waals surface area (Å²) < 4.78 is 0. The molecule has 1 saturated heterocycles. The van der Waals surface area contributed by atoms with Gasteiger partial charge in [0.15, 0.2) is 0 Å². The fraction of sp³-hybridized carbons (Fsp3) is 0.364. The highest BCUT2D eigenvalue weighted by molar-refractivity contribution is 7.99. The first-order valence-corrected chi connectivity index (χ1v) is 5.71. The van der Waals surface area contributed by atoms with E-state index in [-0.39, 0.29) is 0 Å². The van der Waals surface area contributed by atoms with Gasteiger partial charge in [0.1, 0.15) is 0 Å². The Bertz CT molecular complexity index is 377. The summed E-state index contributed by atoms with van der Waals surface area (Å²) in [7, 11) is 0. The summed E-state index contributed by atoms with van der Waals surface area (Å²) in [5.41, 5.74) is 0.784. The van der Waals surface area contributed by atoms with Gasteiger partial charge in [0.05, 0.1) is 17.2 Å². The lowest BCUT2D eigenvalue weighted by atomic mass is 9.92. The average Bonchev–Trinajstić information content (AvgIpc) is 2.67. The molecule has 72 valence electrons. The quantitative estimate of drug-likeness (QED) is 0.761. The van der Waals surface area contributed by atoms with Crippen LogP contribution in [0.2, 0.25) is 0 Å². The fourth-order valence-electron chi connectivity index (χ4n) is 1.66. The third-order valence-corrected chi connectivity index (χ3v) is 3.70. The van der Waals surface area contributed by atoms with Crippen LogP contribution >= 0.6 is 11.8 Å². The van der Waals surface area contributed by atoms with Crippen LogP contribution in [0.25, 0.3) is 0 Å². The van der Waals surface area contributed by atoms with E-state index in [0.29, 0.717) is 5.56 Å². The van der Waals surface area contributed by atoms with E-state index >= 15 is 0 Å². The zero-order chi connectivity index (χ0) is 10.0. The normalized spacial score (nSPS) is 26.0. The number of hydrogen-bond donors (Lipinski definition) is 1. The van der Waals surface area contributed by atoms with Crippen molar-refractivity contribution in [2.45, 2.75) is 12.0 Å². The summed E-state index contributed by atoms with van der Waals surface area (Å²) in [6.45, 7) is 0. The van der Waals surface area contributed by atoms with Crippen LogP contribution in [-0.4, -0.2) is 16.6 Å². The molecule has 1 aromatic rings. The first kappa shape index (κ1) is 9.57. The molecule has 0 bridgehead atoms. The summed E-state index contributed by atoms with van der Waals surface area (Å²) in [5.74, 6) is 1.73. The molecule has 1 fully saturated rings. The molecule has 0 unspecified atom stereocenters. The summed E-state index contributed by atoms with van der Waals surface area (Å²) in [5, 5.41) is 19.0. The molecular weight excluding hydrogens is 194 g/mol. The van der Waals surface area contributed by atoms with Gasteiger partial charge in [0.2, 0.25) is 0 Å². The van der Waals surface area contributed by atoms with Crippen molar-refractivity contribution in [2.75, 3.05) is 11.5 Å². The molecule has 1 atom stereocenters. The van der Waals surface area contributed by atoms with Crippen LogP contribution in [0.15, 0.2) is 24.3 Å². The molecule has 0 aromatic heterocycles.